The topological polar surface area (TPSA) is 55.4 Å². The molecule has 4 nitrogen and oxygen atoms in total. The van der Waals surface area contributed by atoms with Crippen molar-refractivity contribution < 1.29 is 14.3 Å². The Labute approximate surface area is 90.9 Å². The number of halogens is 1. The summed E-state index contributed by atoms with van der Waals surface area (Å²) in [4.78, 5) is 21.3. The predicted molar refractivity (Wildman–Crippen MR) is 57.4 cm³/mol. The number of hydrogen-bond acceptors (Lipinski definition) is 3. The first kappa shape index (κ1) is 12.4. The third-order valence-corrected chi connectivity index (χ3v) is 1.95. The van der Waals surface area contributed by atoms with Crippen LogP contribution >= 0.6 is 22.6 Å². The van der Waals surface area contributed by atoms with Crippen LogP contribution in [0.25, 0.3) is 0 Å². The molecule has 0 aromatic rings. The molecule has 0 aromatic carbocycles. The molecule has 5 heteroatoms. The maximum atomic E-state index is 11.2. The standard InChI is InChI=1S/C8H12INO3/c1-3-13-8(12)7(6(2)9)4-10-5-11/h5H,3-4H2,1-2H3,(H,10,11)/b7-6-. The van der Waals surface area contributed by atoms with Crippen LogP contribution in [-0.2, 0) is 14.3 Å². The van der Waals surface area contributed by atoms with Crippen molar-refractivity contribution in [3.63, 3.8) is 0 Å². The Morgan fingerprint density at radius 3 is 2.62 bits per heavy atom. The first-order valence-corrected chi connectivity index (χ1v) is 4.90. The Bertz CT molecular complexity index is 221. The van der Waals surface area contributed by atoms with Crippen molar-refractivity contribution in [3.8, 4) is 0 Å². The van der Waals surface area contributed by atoms with Crippen LogP contribution in [0, 0.1) is 0 Å². The molecule has 0 heterocycles. The molecule has 0 saturated heterocycles. The zero-order chi connectivity index (χ0) is 10.3. The van der Waals surface area contributed by atoms with Gasteiger partial charge in [0.1, 0.15) is 0 Å². The summed E-state index contributed by atoms with van der Waals surface area (Å²) in [6.07, 6.45) is 0.554. The second-order valence-electron chi connectivity index (χ2n) is 2.23. The Morgan fingerprint density at radius 1 is 1.62 bits per heavy atom. The van der Waals surface area contributed by atoms with Crippen molar-refractivity contribution in [1.29, 1.82) is 0 Å². The van der Waals surface area contributed by atoms with E-state index < -0.39 is 0 Å². The summed E-state index contributed by atoms with van der Waals surface area (Å²) in [5.74, 6) is -0.372. The lowest BCUT2D eigenvalue weighted by atomic mass is 10.2. The van der Waals surface area contributed by atoms with Crippen molar-refractivity contribution >= 4 is 35.0 Å². The number of ether oxygens (including phenoxy) is 1. The highest BCUT2D eigenvalue weighted by atomic mass is 127. The quantitative estimate of drug-likeness (QED) is 0.356. The molecule has 0 atom stereocenters. The van der Waals surface area contributed by atoms with Crippen molar-refractivity contribution in [2.24, 2.45) is 0 Å². The second-order valence-corrected chi connectivity index (χ2v) is 3.85. The van der Waals surface area contributed by atoms with E-state index >= 15 is 0 Å². The lowest BCUT2D eigenvalue weighted by Crippen LogP contribution is -2.21. The maximum absolute atomic E-state index is 11.2. The molecule has 1 amide bonds. The molecule has 0 rings (SSSR count). The number of carbonyl (C=O) groups excluding carboxylic acids is 2. The van der Waals surface area contributed by atoms with Gasteiger partial charge in [-0.3, -0.25) is 4.79 Å². The Morgan fingerprint density at radius 2 is 2.23 bits per heavy atom. The van der Waals surface area contributed by atoms with Crippen molar-refractivity contribution in [1.82, 2.24) is 5.32 Å². The van der Waals surface area contributed by atoms with Crippen LogP contribution in [0.15, 0.2) is 9.15 Å². The van der Waals surface area contributed by atoms with Gasteiger partial charge in [-0.25, -0.2) is 4.79 Å². The zero-order valence-corrected chi connectivity index (χ0v) is 9.75. The first-order chi connectivity index (χ1) is 6.13. The van der Waals surface area contributed by atoms with Gasteiger partial charge in [0.15, 0.2) is 0 Å². The van der Waals surface area contributed by atoms with E-state index in [2.05, 4.69) is 5.32 Å². The minimum absolute atomic E-state index is 0.219. The average Bonchev–Trinajstić information content (AvgIpc) is 2.05. The molecule has 13 heavy (non-hydrogen) atoms. The minimum atomic E-state index is -0.372. The van der Waals surface area contributed by atoms with Crippen molar-refractivity contribution in [3.05, 3.63) is 9.15 Å². The molecule has 0 aliphatic rings. The lowest BCUT2D eigenvalue weighted by Gasteiger charge is -2.06. The third-order valence-electron chi connectivity index (χ3n) is 1.30. The molecule has 0 aliphatic carbocycles. The molecule has 0 spiro atoms. The monoisotopic (exact) mass is 297 g/mol. The minimum Gasteiger partial charge on any atom is -0.463 e. The van der Waals surface area contributed by atoms with E-state index in [1.807, 2.05) is 22.6 Å². The number of carbonyl (C=O) groups is 2. The largest absolute Gasteiger partial charge is 0.463 e. The van der Waals surface area contributed by atoms with Gasteiger partial charge < -0.3 is 10.1 Å². The molecule has 0 bridgehead atoms. The van der Waals surface area contributed by atoms with Crippen LogP contribution in [0.5, 0.6) is 0 Å². The first-order valence-electron chi connectivity index (χ1n) is 3.82. The summed E-state index contributed by atoms with van der Waals surface area (Å²) in [7, 11) is 0. The van der Waals surface area contributed by atoms with Crippen LogP contribution in [0.2, 0.25) is 0 Å². The highest BCUT2D eigenvalue weighted by Crippen LogP contribution is 2.12. The molecule has 0 fully saturated rings. The van der Waals surface area contributed by atoms with Gasteiger partial charge >= 0.3 is 5.97 Å². The van der Waals surface area contributed by atoms with Crippen LogP contribution < -0.4 is 5.32 Å². The molecule has 1 N–H and O–H groups in total. The van der Waals surface area contributed by atoms with E-state index in [0.717, 1.165) is 3.58 Å². The number of hydrogen-bond donors (Lipinski definition) is 1. The number of allylic oxidation sites excluding steroid dienone is 1. The van der Waals surface area contributed by atoms with Gasteiger partial charge in [-0.05, 0) is 40.0 Å². The highest BCUT2D eigenvalue weighted by molar-refractivity contribution is 14.1. The van der Waals surface area contributed by atoms with Gasteiger partial charge in [0, 0.05) is 0 Å². The van der Waals surface area contributed by atoms with Gasteiger partial charge in [0.2, 0.25) is 6.41 Å². The number of nitrogens with one attached hydrogen (secondary N) is 1. The molecular weight excluding hydrogens is 285 g/mol. The van der Waals surface area contributed by atoms with Crippen molar-refractivity contribution in [2.75, 3.05) is 13.2 Å². The maximum Gasteiger partial charge on any atom is 0.336 e. The summed E-state index contributed by atoms with van der Waals surface area (Å²) in [5, 5.41) is 2.42. The predicted octanol–water partition coefficient (Wildman–Crippen LogP) is 1.00. The Kier molecular flexibility index (Phi) is 6.56. The molecule has 0 saturated carbocycles. The highest BCUT2D eigenvalue weighted by Gasteiger charge is 2.11. The molecule has 0 radical (unpaired) electrons. The molecular formula is C8H12INO3. The second kappa shape index (κ2) is 6.88. The van der Waals surface area contributed by atoms with Gasteiger partial charge in [0.05, 0.1) is 18.7 Å². The molecule has 0 aliphatic heterocycles. The number of esters is 1. The SMILES string of the molecule is CCOC(=O)/C(CNC=O)=C(/C)I. The van der Waals surface area contributed by atoms with E-state index in [0.29, 0.717) is 18.6 Å². The van der Waals surface area contributed by atoms with Gasteiger partial charge in [-0.15, -0.1) is 0 Å². The zero-order valence-electron chi connectivity index (χ0n) is 7.59. The fourth-order valence-corrected chi connectivity index (χ4v) is 1.11. The fraction of sp³-hybridized carbons (Fsp3) is 0.500. The summed E-state index contributed by atoms with van der Waals surface area (Å²) in [5.41, 5.74) is 0.495. The van der Waals surface area contributed by atoms with Crippen LogP contribution in [-0.4, -0.2) is 25.5 Å². The van der Waals surface area contributed by atoms with E-state index in [-0.39, 0.29) is 12.5 Å². The van der Waals surface area contributed by atoms with E-state index in [9.17, 15) is 9.59 Å². The Hall–Kier alpha value is -0.590. The van der Waals surface area contributed by atoms with Crippen molar-refractivity contribution in [2.45, 2.75) is 13.8 Å². The number of amides is 1. The summed E-state index contributed by atoms with van der Waals surface area (Å²) >= 11 is 2.02. The van der Waals surface area contributed by atoms with Gasteiger partial charge in [-0.2, -0.15) is 0 Å². The summed E-state index contributed by atoms with van der Waals surface area (Å²) in [6.45, 7) is 4.09. The normalized spacial score (nSPS) is 11.6. The van der Waals surface area contributed by atoms with Gasteiger partial charge in [0.25, 0.3) is 0 Å². The van der Waals surface area contributed by atoms with E-state index in [1.165, 1.54) is 0 Å². The van der Waals surface area contributed by atoms with Gasteiger partial charge in [-0.1, -0.05) is 0 Å². The smallest absolute Gasteiger partial charge is 0.336 e. The van der Waals surface area contributed by atoms with E-state index in [4.69, 9.17) is 4.74 Å². The Balaban J connectivity index is 4.35. The van der Waals surface area contributed by atoms with E-state index in [1.54, 1.807) is 13.8 Å². The third kappa shape index (κ3) is 4.87. The summed E-state index contributed by atoms with van der Waals surface area (Å²) in [6, 6.07) is 0. The van der Waals surface area contributed by atoms with Crippen LogP contribution in [0.3, 0.4) is 0 Å². The summed E-state index contributed by atoms with van der Waals surface area (Å²) < 4.78 is 5.63. The average molecular weight is 297 g/mol. The molecule has 74 valence electrons. The fourth-order valence-electron chi connectivity index (χ4n) is 0.697. The van der Waals surface area contributed by atoms with Crippen LogP contribution in [0.4, 0.5) is 0 Å². The van der Waals surface area contributed by atoms with Crippen LogP contribution in [0.1, 0.15) is 13.8 Å². The molecule has 0 unspecified atom stereocenters. The molecule has 0 aromatic heterocycles. The number of rotatable bonds is 5. The lowest BCUT2D eigenvalue weighted by molar-refractivity contribution is -0.138.